The average Bonchev–Trinajstić information content (AvgIpc) is 3.10. The molecule has 0 bridgehead atoms. The maximum absolute atomic E-state index is 12.7. The number of carbonyl (C=O) groups excluding carboxylic acids is 1. The van der Waals surface area contributed by atoms with E-state index in [0.29, 0.717) is 12.8 Å². The molecule has 6 heteroatoms. The van der Waals surface area contributed by atoms with Crippen molar-refractivity contribution in [3.63, 3.8) is 0 Å². The zero-order valence-electron chi connectivity index (χ0n) is 18.6. The van der Waals surface area contributed by atoms with Gasteiger partial charge in [0, 0.05) is 0 Å². The number of ether oxygens (including phenoxy) is 3. The van der Waals surface area contributed by atoms with E-state index in [2.05, 4.69) is 12.1 Å². The van der Waals surface area contributed by atoms with Crippen molar-refractivity contribution in [2.45, 2.75) is 70.7 Å². The molecule has 1 fully saturated rings. The summed E-state index contributed by atoms with van der Waals surface area (Å²) in [7, 11) is 0. The fourth-order valence-corrected chi connectivity index (χ4v) is 3.56. The first kappa shape index (κ1) is 23.3. The van der Waals surface area contributed by atoms with E-state index in [0.717, 1.165) is 18.4 Å². The Hall–Kier alpha value is -2.41. The maximum atomic E-state index is 12.7. The molecule has 1 amide bonds. The van der Waals surface area contributed by atoms with E-state index in [9.17, 15) is 9.90 Å². The number of aliphatic hydroxyl groups excluding tert-OH is 1. The second-order valence-corrected chi connectivity index (χ2v) is 8.84. The number of nitrogens with zero attached hydrogens (tertiary/aromatic N) is 1. The van der Waals surface area contributed by atoms with Crippen LogP contribution in [0.4, 0.5) is 4.79 Å². The molecule has 0 saturated carbocycles. The van der Waals surface area contributed by atoms with Crippen LogP contribution in [0, 0.1) is 0 Å². The topological polar surface area (TPSA) is 68.2 Å². The minimum Gasteiger partial charge on any atom is -0.444 e. The monoisotopic (exact) mass is 427 g/mol. The van der Waals surface area contributed by atoms with Gasteiger partial charge in [0.15, 0.2) is 12.6 Å². The van der Waals surface area contributed by atoms with Crippen LogP contribution < -0.4 is 0 Å². The summed E-state index contributed by atoms with van der Waals surface area (Å²) in [4.78, 5) is 14.3. The Morgan fingerprint density at radius 2 is 1.71 bits per heavy atom. The SMILES string of the molecule is CC(C)(C)OC(=O)N1CO[C@@H](OC(O)CCCc2ccccc2)[C@H]1Cc1ccccc1. The van der Waals surface area contributed by atoms with Gasteiger partial charge in [0.25, 0.3) is 0 Å². The molecule has 31 heavy (non-hydrogen) atoms. The number of aliphatic hydroxyl groups is 1. The first-order chi connectivity index (χ1) is 14.8. The second kappa shape index (κ2) is 10.8. The molecule has 2 aromatic carbocycles. The van der Waals surface area contributed by atoms with Gasteiger partial charge in [-0.2, -0.15) is 0 Å². The Morgan fingerprint density at radius 1 is 1.10 bits per heavy atom. The first-order valence-corrected chi connectivity index (χ1v) is 10.8. The van der Waals surface area contributed by atoms with E-state index in [1.54, 1.807) is 4.90 Å². The van der Waals surface area contributed by atoms with Crippen LogP contribution in [-0.4, -0.2) is 47.1 Å². The van der Waals surface area contributed by atoms with Gasteiger partial charge in [-0.3, -0.25) is 4.90 Å². The molecule has 168 valence electrons. The molecule has 0 aliphatic carbocycles. The number of hydrogen-bond acceptors (Lipinski definition) is 5. The summed E-state index contributed by atoms with van der Waals surface area (Å²) in [6, 6.07) is 19.6. The van der Waals surface area contributed by atoms with Crippen molar-refractivity contribution < 1.29 is 24.1 Å². The van der Waals surface area contributed by atoms with E-state index >= 15 is 0 Å². The van der Waals surface area contributed by atoms with Crippen LogP contribution in [0.25, 0.3) is 0 Å². The van der Waals surface area contributed by atoms with Crippen LogP contribution >= 0.6 is 0 Å². The Morgan fingerprint density at radius 3 is 2.32 bits per heavy atom. The molecule has 3 rings (SSSR count). The predicted octanol–water partition coefficient (Wildman–Crippen LogP) is 4.51. The van der Waals surface area contributed by atoms with Gasteiger partial charge in [0.05, 0.1) is 6.04 Å². The Kier molecular flexibility index (Phi) is 8.07. The van der Waals surface area contributed by atoms with E-state index in [1.807, 2.05) is 69.3 Å². The van der Waals surface area contributed by atoms with Crippen LogP contribution in [0.15, 0.2) is 60.7 Å². The fourth-order valence-electron chi connectivity index (χ4n) is 3.56. The molecule has 6 nitrogen and oxygen atoms in total. The lowest BCUT2D eigenvalue weighted by Gasteiger charge is -2.29. The second-order valence-electron chi connectivity index (χ2n) is 8.84. The van der Waals surface area contributed by atoms with Crippen LogP contribution in [-0.2, 0) is 27.1 Å². The highest BCUT2D eigenvalue weighted by atomic mass is 16.7. The normalized spacial score (nSPS) is 19.9. The molecule has 2 aromatic rings. The maximum Gasteiger partial charge on any atom is 0.412 e. The number of aryl methyl sites for hydroxylation is 1. The zero-order valence-corrected chi connectivity index (χ0v) is 18.6. The minimum absolute atomic E-state index is 0.0633. The van der Waals surface area contributed by atoms with Gasteiger partial charge < -0.3 is 19.3 Å². The van der Waals surface area contributed by atoms with Gasteiger partial charge in [-0.15, -0.1) is 0 Å². The van der Waals surface area contributed by atoms with E-state index in [4.69, 9.17) is 14.2 Å². The third-order valence-electron chi connectivity index (χ3n) is 5.06. The molecule has 1 N–H and O–H groups in total. The molecule has 3 atom stereocenters. The van der Waals surface area contributed by atoms with Gasteiger partial charge in [-0.05, 0) is 57.6 Å². The van der Waals surface area contributed by atoms with Gasteiger partial charge >= 0.3 is 6.09 Å². The zero-order chi connectivity index (χ0) is 22.3. The number of carbonyl (C=O) groups is 1. The van der Waals surface area contributed by atoms with Gasteiger partial charge in [0.1, 0.15) is 12.3 Å². The van der Waals surface area contributed by atoms with Gasteiger partial charge in [0.2, 0.25) is 0 Å². The minimum atomic E-state index is -0.967. The molecular formula is C25H33NO5. The summed E-state index contributed by atoms with van der Waals surface area (Å²) < 4.78 is 17.1. The van der Waals surface area contributed by atoms with Crippen LogP contribution in [0.5, 0.6) is 0 Å². The van der Waals surface area contributed by atoms with Gasteiger partial charge in [-0.1, -0.05) is 60.7 Å². The highest BCUT2D eigenvalue weighted by Crippen LogP contribution is 2.26. The molecular weight excluding hydrogens is 394 g/mol. The molecule has 0 radical (unpaired) electrons. The third kappa shape index (κ3) is 7.35. The molecule has 0 spiro atoms. The molecule has 1 saturated heterocycles. The van der Waals surface area contributed by atoms with Crippen molar-refractivity contribution in [3.05, 3.63) is 71.8 Å². The summed E-state index contributed by atoms with van der Waals surface area (Å²) in [5, 5.41) is 10.4. The van der Waals surface area contributed by atoms with Crippen molar-refractivity contribution >= 4 is 6.09 Å². The lowest BCUT2D eigenvalue weighted by atomic mass is 10.1. The number of amides is 1. The Bertz CT molecular complexity index is 806. The number of rotatable bonds is 8. The van der Waals surface area contributed by atoms with E-state index in [1.165, 1.54) is 5.56 Å². The number of benzene rings is 2. The Labute approximate surface area is 184 Å². The lowest BCUT2D eigenvalue weighted by Crippen LogP contribution is -2.45. The van der Waals surface area contributed by atoms with Gasteiger partial charge in [-0.25, -0.2) is 4.79 Å². The fraction of sp³-hybridized carbons (Fsp3) is 0.480. The first-order valence-electron chi connectivity index (χ1n) is 10.8. The highest BCUT2D eigenvalue weighted by Gasteiger charge is 2.41. The summed E-state index contributed by atoms with van der Waals surface area (Å²) >= 11 is 0. The van der Waals surface area contributed by atoms with Crippen molar-refractivity contribution in [3.8, 4) is 0 Å². The van der Waals surface area contributed by atoms with Crippen molar-refractivity contribution in [2.75, 3.05) is 6.73 Å². The predicted molar refractivity (Wildman–Crippen MR) is 118 cm³/mol. The van der Waals surface area contributed by atoms with Crippen LogP contribution in [0.2, 0.25) is 0 Å². The quantitative estimate of drug-likeness (QED) is 0.628. The Balaban J connectivity index is 1.60. The molecule has 1 aliphatic rings. The molecule has 1 heterocycles. The summed E-state index contributed by atoms with van der Waals surface area (Å²) in [6.07, 6.45) is 0.547. The number of hydrogen-bond donors (Lipinski definition) is 1. The van der Waals surface area contributed by atoms with Crippen LogP contribution in [0.1, 0.15) is 44.7 Å². The summed E-state index contributed by atoms with van der Waals surface area (Å²) in [5.74, 6) is 0. The lowest BCUT2D eigenvalue weighted by molar-refractivity contribution is -0.217. The highest BCUT2D eigenvalue weighted by molar-refractivity contribution is 5.68. The summed E-state index contributed by atoms with van der Waals surface area (Å²) in [6.45, 7) is 5.56. The van der Waals surface area contributed by atoms with Crippen LogP contribution in [0.3, 0.4) is 0 Å². The molecule has 1 unspecified atom stereocenters. The summed E-state index contributed by atoms with van der Waals surface area (Å²) in [5.41, 5.74) is 1.67. The smallest absolute Gasteiger partial charge is 0.412 e. The average molecular weight is 428 g/mol. The van der Waals surface area contributed by atoms with E-state index < -0.39 is 24.3 Å². The largest absolute Gasteiger partial charge is 0.444 e. The molecule has 0 aromatic heterocycles. The van der Waals surface area contributed by atoms with Crippen molar-refractivity contribution in [2.24, 2.45) is 0 Å². The van der Waals surface area contributed by atoms with E-state index in [-0.39, 0.29) is 12.8 Å². The van der Waals surface area contributed by atoms with Crippen molar-refractivity contribution in [1.82, 2.24) is 4.90 Å². The standard InChI is InChI=1S/C25H33NO5/c1-25(2,3)31-24(28)26-18-29-23(21(26)17-20-13-8-5-9-14-20)30-22(27)16-10-15-19-11-6-4-7-12-19/h4-9,11-14,21-23,27H,10,15-18H2,1-3H3/t21-,22?,23+/m1/s1. The molecule has 1 aliphatic heterocycles. The van der Waals surface area contributed by atoms with Crippen molar-refractivity contribution in [1.29, 1.82) is 0 Å². The third-order valence-corrected chi connectivity index (χ3v) is 5.06.